The molecule has 0 radical (unpaired) electrons. The molecule has 3 aromatic rings. The van der Waals surface area contributed by atoms with E-state index in [-0.39, 0.29) is 29.7 Å². The van der Waals surface area contributed by atoms with Gasteiger partial charge in [-0.2, -0.15) is 0 Å². The van der Waals surface area contributed by atoms with Gasteiger partial charge in [0.05, 0.1) is 0 Å². The average molecular weight is 365 g/mol. The minimum atomic E-state index is -0.400. The molecule has 4 rings (SSSR count). The second kappa shape index (κ2) is 6.79. The number of aryl methyl sites for hydroxylation is 1. The van der Waals surface area contributed by atoms with Gasteiger partial charge in [0.2, 0.25) is 5.78 Å². The van der Waals surface area contributed by atoms with Crippen molar-refractivity contribution >= 4 is 17.3 Å². The summed E-state index contributed by atoms with van der Waals surface area (Å²) in [5.41, 5.74) is 0.104. The maximum atomic E-state index is 12.9. The van der Waals surface area contributed by atoms with Gasteiger partial charge in [-0.25, -0.2) is 9.97 Å². The molecule has 1 aliphatic rings. The molecule has 1 amide bonds. The fourth-order valence-corrected chi connectivity index (χ4v) is 3.50. The van der Waals surface area contributed by atoms with E-state index in [4.69, 9.17) is 0 Å². The third-order valence-corrected chi connectivity index (χ3v) is 4.96. The molecule has 0 aliphatic carbocycles. The molecule has 3 aromatic heterocycles. The van der Waals surface area contributed by atoms with Crippen LogP contribution in [-0.2, 0) is 7.05 Å². The number of amides is 1. The number of carbonyl (C=O) groups is 2. The molecule has 138 valence electrons. The highest BCUT2D eigenvalue weighted by Gasteiger charge is 2.32. The number of likely N-dealkylation sites (tertiary alicyclic amines) is 1. The molecule has 8 nitrogen and oxygen atoms in total. The first kappa shape index (κ1) is 17.1. The first-order valence-electron chi connectivity index (χ1n) is 8.83. The Bertz CT molecular complexity index is 1080. The Balaban J connectivity index is 1.59. The minimum Gasteiger partial charge on any atom is -0.338 e. The summed E-state index contributed by atoms with van der Waals surface area (Å²) in [5, 5.41) is 0. The fourth-order valence-electron chi connectivity index (χ4n) is 3.50. The van der Waals surface area contributed by atoms with E-state index in [1.165, 1.54) is 10.6 Å². The topological polar surface area (TPSA) is 89.6 Å². The van der Waals surface area contributed by atoms with E-state index in [1.807, 2.05) is 0 Å². The maximum absolute atomic E-state index is 12.9. The Hall–Kier alpha value is -3.29. The lowest BCUT2D eigenvalue weighted by Gasteiger charge is -2.31. The third kappa shape index (κ3) is 3.03. The van der Waals surface area contributed by atoms with E-state index < -0.39 is 5.56 Å². The van der Waals surface area contributed by atoms with Crippen molar-refractivity contribution in [2.75, 3.05) is 13.1 Å². The number of nitrogens with zero attached hydrogens (tertiary/aromatic N) is 5. The van der Waals surface area contributed by atoms with Crippen LogP contribution in [0.3, 0.4) is 0 Å². The number of hydrogen-bond acceptors (Lipinski definition) is 5. The van der Waals surface area contributed by atoms with E-state index in [2.05, 4.69) is 9.97 Å². The van der Waals surface area contributed by atoms with Crippen molar-refractivity contribution in [2.45, 2.75) is 12.8 Å². The van der Waals surface area contributed by atoms with Crippen molar-refractivity contribution < 1.29 is 9.59 Å². The second-order valence-corrected chi connectivity index (χ2v) is 6.72. The molecule has 0 N–H and O–H groups in total. The summed E-state index contributed by atoms with van der Waals surface area (Å²) in [4.78, 5) is 48.2. The van der Waals surface area contributed by atoms with Gasteiger partial charge in [0.25, 0.3) is 11.5 Å². The zero-order valence-corrected chi connectivity index (χ0v) is 14.9. The molecule has 8 heteroatoms. The Morgan fingerprint density at radius 1 is 1.19 bits per heavy atom. The number of pyridine rings is 1. The van der Waals surface area contributed by atoms with Gasteiger partial charge < -0.3 is 9.47 Å². The fraction of sp³-hybridized carbons (Fsp3) is 0.316. The minimum absolute atomic E-state index is 0.0174. The van der Waals surface area contributed by atoms with Crippen LogP contribution in [0, 0.1) is 5.92 Å². The van der Waals surface area contributed by atoms with Crippen molar-refractivity contribution in [1.82, 2.24) is 23.8 Å². The van der Waals surface area contributed by atoms with Crippen LogP contribution in [0.2, 0.25) is 0 Å². The predicted molar refractivity (Wildman–Crippen MR) is 97.6 cm³/mol. The van der Waals surface area contributed by atoms with Gasteiger partial charge in [-0.3, -0.25) is 18.8 Å². The maximum Gasteiger partial charge on any atom is 0.270 e. The molecule has 27 heavy (non-hydrogen) atoms. The van der Waals surface area contributed by atoms with Gasteiger partial charge in [-0.15, -0.1) is 0 Å². The Kier molecular flexibility index (Phi) is 4.31. The van der Waals surface area contributed by atoms with Gasteiger partial charge in [-0.1, -0.05) is 6.07 Å². The van der Waals surface area contributed by atoms with Gasteiger partial charge in [0.1, 0.15) is 11.2 Å². The van der Waals surface area contributed by atoms with Gasteiger partial charge in [0, 0.05) is 50.8 Å². The summed E-state index contributed by atoms with van der Waals surface area (Å²) >= 11 is 0. The van der Waals surface area contributed by atoms with Gasteiger partial charge >= 0.3 is 0 Å². The molecule has 1 aliphatic heterocycles. The lowest BCUT2D eigenvalue weighted by Crippen LogP contribution is -2.44. The number of piperidine rings is 1. The summed E-state index contributed by atoms with van der Waals surface area (Å²) in [6.07, 6.45) is 7.62. The summed E-state index contributed by atoms with van der Waals surface area (Å²) in [6.45, 7) is 0.793. The first-order valence-corrected chi connectivity index (χ1v) is 8.83. The number of hydrogen-bond donors (Lipinski definition) is 0. The van der Waals surface area contributed by atoms with Crippen LogP contribution in [-0.4, -0.2) is 48.6 Å². The number of Topliss-reactive ketones (excluding diaryl/α,β-unsaturated/α-hetero) is 1. The number of ketones is 1. The van der Waals surface area contributed by atoms with Crippen molar-refractivity contribution in [3.63, 3.8) is 0 Å². The van der Waals surface area contributed by atoms with Crippen LogP contribution in [0.25, 0.3) is 5.65 Å². The smallest absolute Gasteiger partial charge is 0.270 e. The lowest BCUT2D eigenvalue weighted by molar-refractivity contribution is 0.0631. The number of carbonyl (C=O) groups excluding carboxylic acids is 2. The van der Waals surface area contributed by atoms with Gasteiger partial charge in [0.15, 0.2) is 5.82 Å². The van der Waals surface area contributed by atoms with Crippen LogP contribution < -0.4 is 5.56 Å². The molecule has 0 saturated carbocycles. The zero-order valence-electron chi connectivity index (χ0n) is 14.9. The van der Waals surface area contributed by atoms with E-state index in [0.717, 1.165) is 0 Å². The van der Waals surface area contributed by atoms with Crippen LogP contribution in [0.5, 0.6) is 0 Å². The summed E-state index contributed by atoms with van der Waals surface area (Å²) < 4.78 is 3.04. The molecule has 0 aromatic carbocycles. The molecule has 4 heterocycles. The monoisotopic (exact) mass is 365 g/mol. The zero-order chi connectivity index (χ0) is 19.0. The average Bonchev–Trinajstić information content (AvgIpc) is 3.13. The van der Waals surface area contributed by atoms with Crippen molar-refractivity contribution in [3.8, 4) is 0 Å². The molecule has 1 atom stereocenters. The Morgan fingerprint density at radius 2 is 2.04 bits per heavy atom. The molecular formula is C19H19N5O3. The summed E-state index contributed by atoms with van der Waals surface area (Å²) in [7, 11) is 1.77. The number of aromatic nitrogens is 4. The molecular weight excluding hydrogens is 346 g/mol. The molecule has 1 saturated heterocycles. The highest BCUT2D eigenvalue weighted by atomic mass is 16.2. The third-order valence-electron chi connectivity index (χ3n) is 4.96. The Labute approximate surface area is 155 Å². The van der Waals surface area contributed by atoms with Crippen LogP contribution in [0.1, 0.15) is 33.8 Å². The standard InChI is InChI=1S/C19H19N5O3/c1-22-10-7-20-17(22)16(25)13-5-4-8-23(12-13)18(26)14-11-21-15-6-2-3-9-24(15)19(14)27/h2-3,6-7,9-11,13H,4-5,8,12H2,1H3/t13-/m0/s1. The first-order chi connectivity index (χ1) is 13.1. The van der Waals surface area contributed by atoms with Crippen molar-refractivity contribution in [2.24, 2.45) is 13.0 Å². The molecule has 0 unspecified atom stereocenters. The quantitative estimate of drug-likeness (QED) is 0.650. The summed E-state index contributed by atoms with van der Waals surface area (Å²) in [5.74, 6) is -0.391. The highest BCUT2D eigenvalue weighted by Crippen LogP contribution is 2.21. The normalized spacial score (nSPS) is 17.2. The van der Waals surface area contributed by atoms with Crippen LogP contribution in [0.15, 0.2) is 47.8 Å². The SMILES string of the molecule is Cn1ccnc1C(=O)[C@H]1CCCN(C(=O)c2cnc3ccccn3c2=O)C1. The molecule has 1 fully saturated rings. The van der Waals surface area contributed by atoms with Gasteiger partial charge in [-0.05, 0) is 25.0 Å². The van der Waals surface area contributed by atoms with Crippen LogP contribution >= 0.6 is 0 Å². The summed E-state index contributed by atoms with van der Waals surface area (Å²) in [6, 6.07) is 5.20. The largest absolute Gasteiger partial charge is 0.338 e. The number of rotatable bonds is 3. The number of fused-ring (bicyclic) bond motifs is 1. The van der Waals surface area contributed by atoms with Crippen molar-refractivity contribution in [3.05, 3.63) is 64.7 Å². The predicted octanol–water partition coefficient (Wildman–Crippen LogP) is 1.16. The van der Waals surface area contributed by atoms with Crippen molar-refractivity contribution in [1.29, 1.82) is 0 Å². The van der Waals surface area contributed by atoms with E-state index >= 15 is 0 Å². The van der Waals surface area contributed by atoms with E-state index in [1.54, 1.807) is 53.3 Å². The molecule has 0 bridgehead atoms. The van der Waals surface area contributed by atoms with E-state index in [9.17, 15) is 14.4 Å². The van der Waals surface area contributed by atoms with E-state index in [0.29, 0.717) is 30.9 Å². The number of imidazole rings is 1. The second-order valence-electron chi connectivity index (χ2n) is 6.72. The molecule has 0 spiro atoms. The lowest BCUT2D eigenvalue weighted by atomic mass is 9.93. The highest BCUT2D eigenvalue weighted by molar-refractivity contribution is 5.97. The van der Waals surface area contributed by atoms with Crippen LogP contribution in [0.4, 0.5) is 0 Å². The Morgan fingerprint density at radius 3 is 2.81 bits per heavy atom.